The van der Waals surface area contributed by atoms with E-state index in [0.29, 0.717) is 6.54 Å². The Kier molecular flexibility index (Phi) is 8.43. The SMILES string of the molecule is COc1ccc(C(CNC(=O)C(C)NC(=O)/C=C/c2ccccc2)N(C)C)cc1. The Balaban J connectivity index is 1.88. The summed E-state index contributed by atoms with van der Waals surface area (Å²) in [7, 11) is 5.55. The van der Waals surface area contributed by atoms with Gasteiger partial charge < -0.3 is 20.3 Å². The second kappa shape index (κ2) is 11.0. The summed E-state index contributed by atoms with van der Waals surface area (Å²) in [6.07, 6.45) is 3.14. The van der Waals surface area contributed by atoms with Gasteiger partial charge in [-0.1, -0.05) is 42.5 Å². The van der Waals surface area contributed by atoms with E-state index in [2.05, 4.69) is 10.6 Å². The van der Waals surface area contributed by atoms with Crippen LogP contribution in [0.1, 0.15) is 24.1 Å². The second-order valence-electron chi connectivity index (χ2n) is 6.97. The van der Waals surface area contributed by atoms with Crippen LogP contribution in [0.5, 0.6) is 5.75 Å². The maximum atomic E-state index is 12.4. The predicted octanol–water partition coefficient (Wildman–Crippen LogP) is 2.63. The van der Waals surface area contributed by atoms with E-state index in [-0.39, 0.29) is 17.9 Å². The predicted molar refractivity (Wildman–Crippen MR) is 116 cm³/mol. The van der Waals surface area contributed by atoms with E-state index in [9.17, 15) is 9.59 Å². The van der Waals surface area contributed by atoms with Crippen molar-refractivity contribution in [2.45, 2.75) is 19.0 Å². The largest absolute Gasteiger partial charge is 0.497 e. The molecule has 0 saturated heterocycles. The maximum absolute atomic E-state index is 12.4. The summed E-state index contributed by atoms with van der Waals surface area (Å²) in [6.45, 7) is 2.10. The monoisotopic (exact) mass is 395 g/mol. The van der Waals surface area contributed by atoms with Crippen LogP contribution in [0, 0.1) is 0 Å². The van der Waals surface area contributed by atoms with Gasteiger partial charge in [0.05, 0.1) is 13.2 Å². The number of nitrogens with zero attached hydrogens (tertiary/aromatic N) is 1. The van der Waals surface area contributed by atoms with Gasteiger partial charge in [0.1, 0.15) is 11.8 Å². The maximum Gasteiger partial charge on any atom is 0.244 e. The van der Waals surface area contributed by atoms with Gasteiger partial charge in [-0.2, -0.15) is 0 Å². The van der Waals surface area contributed by atoms with Crippen LogP contribution in [-0.2, 0) is 9.59 Å². The first kappa shape index (κ1) is 22.2. The fraction of sp³-hybridized carbons (Fsp3) is 0.304. The van der Waals surface area contributed by atoms with Crippen LogP contribution in [0.3, 0.4) is 0 Å². The van der Waals surface area contributed by atoms with Crippen LogP contribution in [0.2, 0.25) is 0 Å². The summed E-state index contributed by atoms with van der Waals surface area (Å²) in [5, 5.41) is 5.61. The van der Waals surface area contributed by atoms with E-state index in [1.165, 1.54) is 6.08 Å². The Morgan fingerprint density at radius 2 is 1.72 bits per heavy atom. The van der Waals surface area contributed by atoms with Gasteiger partial charge in [-0.25, -0.2) is 0 Å². The molecule has 2 aromatic rings. The first-order valence-electron chi connectivity index (χ1n) is 9.52. The highest BCUT2D eigenvalue weighted by molar-refractivity contribution is 5.95. The molecule has 6 heteroatoms. The van der Waals surface area contributed by atoms with Crippen LogP contribution in [0.15, 0.2) is 60.7 Å². The summed E-state index contributed by atoms with van der Waals surface area (Å²) in [5.41, 5.74) is 1.99. The van der Waals surface area contributed by atoms with Crippen molar-refractivity contribution in [2.75, 3.05) is 27.7 Å². The average Bonchev–Trinajstić information content (AvgIpc) is 2.73. The number of carbonyl (C=O) groups excluding carboxylic acids is 2. The number of amides is 2. The number of likely N-dealkylation sites (N-methyl/N-ethyl adjacent to an activating group) is 1. The lowest BCUT2D eigenvalue weighted by Gasteiger charge is -2.26. The molecular formula is C23H29N3O3. The summed E-state index contributed by atoms with van der Waals surface area (Å²) >= 11 is 0. The number of methoxy groups -OCH3 is 1. The summed E-state index contributed by atoms with van der Waals surface area (Å²) in [5.74, 6) is 0.248. The van der Waals surface area contributed by atoms with E-state index in [1.807, 2.05) is 73.6 Å². The number of ether oxygens (including phenoxy) is 1. The molecule has 2 unspecified atom stereocenters. The molecule has 2 N–H and O–H groups in total. The zero-order chi connectivity index (χ0) is 21.2. The van der Waals surface area contributed by atoms with Crippen molar-refractivity contribution in [3.05, 3.63) is 71.8 Å². The van der Waals surface area contributed by atoms with E-state index >= 15 is 0 Å². The van der Waals surface area contributed by atoms with Crippen molar-refractivity contribution < 1.29 is 14.3 Å². The second-order valence-corrected chi connectivity index (χ2v) is 6.97. The fourth-order valence-corrected chi connectivity index (χ4v) is 2.84. The molecule has 0 spiro atoms. The van der Waals surface area contributed by atoms with E-state index < -0.39 is 6.04 Å². The topological polar surface area (TPSA) is 70.7 Å². The zero-order valence-electron chi connectivity index (χ0n) is 17.4. The van der Waals surface area contributed by atoms with Crippen molar-refractivity contribution in [3.63, 3.8) is 0 Å². The quantitative estimate of drug-likeness (QED) is 0.641. The van der Waals surface area contributed by atoms with E-state index in [4.69, 9.17) is 4.74 Å². The highest BCUT2D eigenvalue weighted by Gasteiger charge is 2.19. The Hall–Kier alpha value is -3.12. The summed E-state index contributed by atoms with van der Waals surface area (Å²) in [6, 6.07) is 16.6. The average molecular weight is 396 g/mol. The number of hydrogen-bond donors (Lipinski definition) is 2. The van der Waals surface area contributed by atoms with E-state index in [0.717, 1.165) is 16.9 Å². The smallest absolute Gasteiger partial charge is 0.244 e. The number of hydrogen-bond acceptors (Lipinski definition) is 4. The number of benzene rings is 2. The van der Waals surface area contributed by atoms with Gasteiger partial charge in [0.2, 0.25) is 11.8 Å². The molecule has 6 nitrogen and oxygen atoms in total. The number of rotatable bonds is 9. The third-order valence-corrected chi connectivity index (χ3v) is 4.57. The zero-order valence-corrected chi connectivity index (χ0v) is 17.4. The van der Waals surface area contributed by atoms with Crippen molar-refractivity contribution in [1.82, 2.24) is 15.5 Å². The van der Waals surface area contributed by atoms with Gasteiger partial charge in [0.15, 0.2) is 0 Å². The molecule has 0 heterocycles. The standard InChI is InChI=1S/C23H29N3O3/c1-17(25-22(27)15-10-18-8-6-5-7-9-18)23(28)24-16-21(26(2)3)19-11-13-20(29-4)14-12-19/h5-15,17,21H,16H2,1-4H3,(H,24,28)(H,25,27)/b15-10+. The van der Waals surface area contributed by atoms with E-state index in [1.54, 1.807) is 20.1 Å². The van der Waals surface area contributed by atoms with Gasteiger partial charge in [0.25, 0.3) is 0 Å². The van der Waals surface area contributed by atoms with Crippen molar-refractivity contribution in [2.24, 2.45) is 0 Å². The summed E-state index contributed by atoms with van der Waals surface area (Å²) in [4.78, 5) is 26.5. The van der Waals surface area contributed by atoms with Gasteiger partial charge in [-0.3, -0.25) is 9.59 Å². The first-order valence-corrected chi connectivity index (χ1v) is 9.52. The van der Waals surface area contributed by atoms with Crippen LogP contribution in [0.4, 0.5) is 0 Å². The van der Waals surface area contributed by atoms with Crippen molar-refractivity contribution in [3.8, 4) is 5.75 Å². The van der Waals surface area contributed by atoms with Gasteiger partial charge in [-0.15, -0.1) is 0 Å². The lowest BCUT2D eigenvalue weighted by molar-refractivity contribution is -0.126. The molecule has 0 aliphatic carbocycles. The molecule has 0 aromatic heterocycles. The Bertz CT molecular complexity index is 817. The lowest BCUT2D eigenvalue weighted by Crippen LogP contribution is -2.46. The Morgan fingerprint density at radius 3 is 2.31 bits per heavy atom. The van der Waals surface area contributed by atoms with Gasteiger partial charge in [0, 0.05) is 12.6 Å². The highest BCUT2D eigenvalue weighted by Crippen LogP contribution is 2.20. The number of carbonyl (C=O) groups is 2. The molecule has 0 fully saturated rings. The van der Waals surface area contributed by atoms with Gasteiger partial charge in [-0.05, 0) is 50.4 Å². The molecule has 2 amide bonds. The molecular weight excluding hydrogens is 366 g/mol. The first-order chi connectivity index (χ1) is 13.9. The third-order valence-electron chi connectivity index (χ3n) is 4.57. The minimum Gasteiger partial charge on any atom is -0.497 e. The lowest BCUT2D eigenvalue weighted by atomic mass is 10.1. The molecule has 154 valence electrons. The van der Waals surface area contributed by atoms with Crippen molar-refractivity contribution >= 4 is 17.9 Å². The molecule has 2 atom stereocenters. The molecule has 0 aliphatic heterocycles. The molecule has 0 bridgehead atoms. The van der Waals surface area contributed by atoms with Crippen molar-refractivity contribution in [1.29, 1.82) is 0 Å². The van der Waals surface area contributed by atoms with Crippen LogP contribution in [0.25, 0.3) is 6.08 Å². The number of nitrogens with one attached hydrogen (secondary N) is 2. The Labute approximate surface area is 172 Å². The van der Waals surface area contributed by atoms with Gasteiger partial charge >= 0.3 is 0 Å². The minimum atomic E-state index is -0.637. The van der Waals surface area contributed by atoms with Crippen LogP contribution < -0.4 is 15.4 Å². The summed E-state index contributed by atoms with van der Waals surface area (Å²) < 4.78 is 5.20. The third kappa shape index (κ3) is 7.08. The molecule has 2 aromatic carbocycles. The molecule has 0 radical (unpaired) electrons. The Morgan fingerprint density at radius 1 is 1.07 bits per heavy atom. The molecule has 0 aliphatic rings. The fourth-order valence-electron chi connectivity index (χ4n) is 2.84. The minimum absolute atomic E-state index is 0.00531. The highest BCUT2D eigenvalue weighted by atomic mass is 16.5. The van der Waals surface area contributed by atoms with Crippen LogP contribution >= 0.6 is 0 Å². The molecule has 0 saturated carbocycles. The van der Waals surface area contributed by atoms with Crippen LogP contribution in [-0.4, -0.2) is 50.5 Å². The normalized spacial score (nSPS) is 13.1. The molecule has 29 heavy (non-hydrogen) atoms. The molecule has 2 rings (SSSR count).